The second kappa shape index (κ2) is 13.1. The molecule has 0 aliphatic carbocycles. The van der Waals surface area contributed by atoms with Crippen LogP contribution in [0.25, 0.3) is 0 Å². The minimum Gasteiger partial charge on any atom is -0.726 e. The number of nitrogens with one attached hydrogen (secondary N) is 1. The zero-order valence-corrected chi connectivity index (χ0v) is 22.2. The molecule has 34 heavy (non-hydrogen) atoms. The molecule has 0 bridgehead atoms. The van der Waals surface area contributed by atoms with E-state index in [2.05, 4.69) is 23.9 Å². The van der Waals surface area contributed by atoms with Gasteiger partial charge in [-0.05, 0) is 42.5 Å². The normalized spacial score (nSPS) is 12.9. The number of hydrogen-bond donors (Lipinski definition) is 5. The number of anilines is 2. The molecule has 0 radical (unpaired) electrons. The first kappa shape index (κ1) is 30.7. The minimum atomic E-state index is -4.98. The largest absolute Gasteiger partial charge is 1.00 e. The summed E-state index contributed by atoms with van der Waals surface area (Å²) in [6, 6.07) is 9.97. The summed E-state index contributed by atoms with van der Waals surface area (Å²) in [7, 11) is -8.85. The van der Waals surface area contributed by atoms with Gasteiger partial charge in [0.15, 0.2) is 9.84 Å². The minimum absolute atomic E-state index is 0. The number of nitrogens with zero attached hydrogens (tertiary/aromatic N) is 2. The van der Waals surface area contributed by atoms with Crippen molar-refractivity contribution in [1.82, 2.24) is 0 Å². The summed E-state index contributed by atoms with van der Waals surface area (Å²) in [6.45, 7) is -0.805. The third-order valence-corrected chi connectivity index (χ3v) is 6.38. The summed E-state index contributed by atoms with van der Waals surface area (Å²) in [5.41, 5.74) is 7.41. The first-order chi connectivity index (χ1) is 15.3. The number of nitrogen functional groups attached to an aromatic ring is 1. The number of sulfone groups is 1. The molecule has 0 amide bonds. The van der Waals surface area contributed by atoms with Crippen LogP contribution in [0.4, 0.5) is 22.7 Å². The number of rotatable bonds is 12. The topological polar surface area (TPSA) is 233 Å². The maximum absolute atomic E-state index is 12.1. The second-order valence-corrected chi connectivity index (χ2v) is 10.6. The van der Waals surface area contributed by atoms with E-state index in [0.717, 1.165) is 0 Å². The van der Waals surface area contributed by atoms with Gasteiger partial charge >= 0.3 is 29.6 Å². The predicted octanol–water partition coefficient (Wildman–Crippen LogP) is -0.494. The molecule has 14 nitrogen and oxygen atoms in total. The smallest absolute Gasteiger partial charge is 0.726 e. The third kappa shape index (κ3) is 11.4. The SMILES string of the molecule is Nc1cc(NCCOS(O)(O)O)ccc1N=Nc1ccc(S(=O)(=O)CCOS(=O)(=O)[O-])cc1.[Na+]. The van der Waals surface area contributed by atoms with Gasteiger partial charge in [0.25, 0.3) is 0 Å². The van der Waals surface area contributed by atoms with Crippen molar-refractivity contribution in [2.75, 3.05) is 36.6 Å². The molecule has 0 saturated heterocycles. The summed E-state index contributed by atoms with van der Waals surface area (Å²) < 4.78 is 89.8. The Morgan fingerprint density at radius 3 is 2.15 bits per heavy atom. The van der Waals surface area contributed by atoms with Gasteiger partial charge in [-0.2, -0.15) is 5.11 Å². The zero-order chi connectivity index (χ0) is 24.7. The van der Waals surface area contributed by atoms with Crippen LogP contribution >= 0.6 is 11.2 Å². The van der Waals surface area contributed by atoms with Gasteiger partial charge in [0.05, 0.1) is 35.2 Å². The monoisotopic (exact) mass is 548 g/mol. The molecule has 0 atom stereocenters. The molecular formula is C16H21N4NaO10S3. The van der Waals surface area contributed by atoms with E-state index >= 15 is 0 Å². The van der Waals surface area contributed by atoms with Crippen LogP contribution < -0.4 is 40.6 Å². The predicted molar refractivity (Wildman–Crippen MR) is 119 cm³/mol. The van der Waals surface area contributed by atoms with Crippen molar-refractivity contribution in [2.24, 2.45) is 10.2 Å². The average molecular weight is 549 g/mol. The Hall–Kier alpha value is -1.35. The molecule has 0 unspecified atom stereocenters. The molecule has 2 rings (SSSR count). The van der Waals surface area contributed by atoms with Gasteiger partial charge in [0.1, 0.15) is 5.69 Å². The first-order valence-corrected chi connectivity index (χ1v) is 13.3. The average Bonchev–Trinajstić information content (AvgIpc) is 2.69. The van der Waals surface area contributed by atoms with E-state index in [1.165, 1.54) is 24.3 Å². The number of hydrogen-bond acceptors (Lipinski definition) is 14. The Kier molecular flexibility index (Phi) is 11.8. The Labute approximate surface area is 220 Å². The van der Waals surface area contributed by atoms with Crippen LogP contribution in [-0.2, 0) is 28.6 Å². The van der Waals surface area contributed by atoms with Crippen LogP contribution in [0.15, 0.2) is 57.6 Å². The van der Waals surface area contributed by atoms with Gasteiger partial charge in [-0.15, -0.1) is 5.11 Å². The van der Waals surface area contributed by atoms with Crippen LogP contribution in [0, 0.1) is 0 Å². The van der Waals surface area contributed by atoms with Gasteiger partial charge in [-0.3, -0.25) is 22.0 Å². The molecule has 184 valence electrons. The van der Waals surface area contributed by atoms with Crippen molar-refractivity contribution >= 4 is 54.1 Å². The van der Waals surface area contributed by atoms with Crippen LogP contribution in [0.1, 0.15) is 0 Å². The Balaban J connectivity index is 0.00000578. The molecule has 0 spiro atoms. The van der Waals surface area contributed by atoms with E-state index in [1.54, 1.807) is 18.2 Å². The zero-order valence-electron chi connectivity index (χ0n) is 17.8. The van der Waals surface area contributed by atoms with Crippen molar-refractivity contribution in [3.63, 3.8) is 0 Å². The van der Waals surface area contributed by atoms with Gasteiger partial charge in [0, 0.05) is 12.2 Å². The number of azo groups is 1. The van der Waals surface area contributed by atoms with Gasteiger partial charge < -0.3 is 15.6 Å². The summed E-state index contributed by atoms with van der Waals surface area (Å²) in [4.78, 5) is -0.116. The molecule has 0 heterocycles. The van der Waals surface area contributed by atoms with Crippen LogP contribution in [-0.4, -0.2) is 60.6 Å². The van der Waals surface area contributed by atoms with E-state index in [1.807, 2.05) is 0 Å². The molecule has 2 aromatic carbocycles. The van der Waals surface area contributed by atoms with Gasteiger partial charge in [-0.1, -0.05) is 0 Å². The fraction of sp³-hybridized carbons (Fsp3) is 0.250. The summed E-state index contributed by atoms with van der Waals surface area (Å²) >= 11 is -4.01. The number of nitrogens with two attached hydrogens (primary N) is 1. The van der Waals surface area contributed by atoms with Crippen molar-refractivity contribution in [3.8, 4) is 0 Å². The van der Waals surface area contributed by atoms with E-state index in [0.29, 0.717) is 17.1 Å². The Morgan fingerprint density at radius 2 is 1.59 bits per heavy atom. The summed E-state index contributed by atoms with van der Waals surface area (Å²) in [6.07, 6.45) is 0. The Bertz CT molecular complexity index is 1190. The van der Waals surface area contributed by atoms with Crippen LogP contribution in [0.2, 0.25) is 0 Å². The quantitative estimate of drug-likeness (QED) is 0.0564. The van der Waals surface area contributed by atoms with E-state index < -0.39 is 43.7 Å². The molecule has 2 aromatic rings. The van der Waals surface area contributed by atoms with Crippen molar-refractivity contribution in [1.29, 1.82) is 0 Å². The maximum Gasteiger partial charge on any atom is 1.00 e. The molecule has 0 aromatic heterocycles. The molecule has 0 aliphatic heterocycles. The van der Waals surface area contributed by atoms with E-state index in [9.17, 15) is 21.4 Å². The maximum atomic E-state index is 12.1. The standard InChI is InChI=1S/C16H22N4O10S3.Na/c17-15-11-13(18-7-8-29-32(23,24)25)3-6-16(15)20-19-12-1-4-14(5-2-12)31(21,22)10-9-30-33(26,27)28;/h1-6,11,18,23-25H,7-10,17H2,(H,26,27,28);/q;+1/p-1. The van der Waals surface area contributed by atoms with Crippen molar-refractivity contribution in [2.45, 2.75) is 4.90 Å². The molecule has 0 fully saturated rings. The van der Waals surface area contributed by atoms with Crippen molar-refractivity contribution in [3.05, 3.63) is 42.5 Å². The first-order valence-electron chi connectivity index (χ1n) is 8.88. The van der Waals surface area contributed by atoms with Gasteiger partial charge in [0.2, 0.25) is 21.6 Å². The molecule has 0 saturated carbocycles. The Morgan fingerprint density at radius 1 is 0.941 bits per heavy atom. The second-order valence-electron chi connectivity index (χ2n) is 6.23. The third-order valence-electron chi connectivity index (χ3n) is 3.75. The fourth-order valence-corrected chi connectivity index (χ4v) is 4.09. The molecule has 18 heteroatoms. The van der Waals surface area contributed by atoms with Gasteiger partial charge in [-0.25, -0.2) is 16.8 Å². The molecular weight excluding hydrogens is 527 g/mol. The van der Waals surface area contributed by atoms with Crippen LogP contribution in [0.3, 0.4) is 0 Å². The number of benzene rings is 2. The summed E-state index contributed by atoms with van der Waals surface area (Å²) in [5, 5.41) is 10.9. The fourth-order valence-electron chi connectivity index (χ4n) is 2.30. The summed E-state index contributed by atoms with van der Waals surface area (Å²) in [5.74, 6) is -0.694. The van der Waals surface area contributed by atoms with E-state index in [4.69, 9.17) is 19.4 Å². The molecule has 6 N–H and O–H groups in total. The molecule has 0 aliphatic rings. The van der Waals surface area contributed by atoms with E-state index in [-0.39, 0.29) is 53.3 Å². The van der Waals surface area contributed by atoms with Crippen molar-refractivity contribution < 1.29 is 73.0 Å². The van der Waals surface area contributed by atoms with Crippen LogP contribution in [0.5, 0.6) is 0 Å².